The molecule has 0 spiro atoms. The first-order valence-corrected chi connectivity index (χ1v) is 12.7. The molecular formula is C27H41FN2O6. The molecule has 0 fully saturated rings. The number of nitrogens with two attached hydrogens (primary N) is 1. The lowest BCUT2D eigenvalue weighted by molar-refractivity contribution is -0.155. The lowest BCUT2D eigenvalue weighted by atomic mass is 9.71. The van der Waals surface area contributed by atoms with Crippen LogP contribution in [0, 0.1) is 17.3 Å². The normalized spacial score (nSPS) is 31.0. The molecule has 1 aliphatic rings. The van der Waals surface area contributed by atoms with Gasteiger partial charge in [0.1, 0.15) is 23.6 Å². The number of ether oxygens (including phenoxy) is 1. The van der Waals surface area contributed by atoms with Crippen LogP contribution in [0.5, 0.6) is 0 Å². The zero-order valence-electron chi connectivity index (χ0n) is 22.0. The highest BCUT2D eigenvalue weighted by Crippen LogP contribution is 2.34. The number of aliphatic hydroxyl groups excluding tert-OH is 2. The molecule has 0 aliphatic carbocycles. The molecule has 8 nitrogen and oxygen atoms in total. The molecule has 1 aliphatic heterocycles. The second kappa shape index (κ2) is 13.3. The molecule has 2 rings (SSSR count). The maximum atomic E-state index is 15.2. The van der Waals surface area contributed by atoms with Gasteiger partial charge in [-0.05, 0) is 38.5 Å². The van der Waals surface area contributed by atoms with E-state index in [0.717, 1.165) is 24.5 Å². The number of rotatable bonds is 4. The van der Waals surface area contributed by atoms with Gasteiger partial charge in [-0.3, -0.25) is 9.59 Å². The molecular weight excluding hydrogens is 467 g/mol. The fourth-order valence-electron chi connectivity index (χ4n) is 4.46. The minimum absolute atomic E-state index is 0.0662. The number of oxazole rings is 1. The lowest BCUT2D eigenvalue weighted by Crippen LogP contribution is -2.46. The minimum atomic E-state index is -1.37. The Kier molecular flexibility index (Phi) is 11.0. The molecule has 5 atom stereocenters. The number of hydrogen-bond acceptors (Lipinski definition) is 8. The van der Waals surface area contributed by atoms with E-state index in [2.05, 4.69) is 4.98 Å². The Bertz CT molecular complexity index is 954. The number of ketones is 1. The highest BCUT2D eigenvalue weighted by Gasteiger charge is 2.43. The first kappa shape index (κ1) is 29.9. The van der Waals surface area contributed by atoms with Crippen molar-refractivity contribution in [2.24, 2.45) is 23.0 Å². The third-order valence-electron chi connectivity index (χ3n) is 7.12. The second-order valence-corrected chi connectivity index (χ2v) is 10.3. The Morgan fingerprint density at radius 2 is 2.03 bits per heavy atom. The average Bonchev–Trinajstić information content (AvgIpc) is 3.28. The van der Waals surface area contributed by atoms with Crippen molar-refractivity contribution in [2.75, 3.05) is 0 Å². The number of aliphatic hydroxyl groups is 2. The van der Waals surface area contributed by atoms with Gasteiger partial charge in [-0.15, -0.1) is 0 Å². The summed E-state index contributed by atoms with van der Waals surface area (Å²) in [6.45, 7) is 8.84. The van der Waals surface area contributed by atoms with Crippen LogP contribution in [0.15, 0.2) is 28.2 Å². The van der Waals surface area contributed by atoms with E-state index < -0.39 is 47.9 Å². The first-order valence-electron chi connectivity index (χ1n) is 12.7. The average molecular weight is 509 g/mol. The molecule has 0 bridgehead atoms. The predicted octanol–water partition coefficient (Wildman–Crippen LogP) is 4.25. The van der Waals surface area contributed by atoms with Gasteiger partial charge in [0.2, 0.25) is 5.89 Å². The summed E-state index contributed by atoms with van der Waals surface area (Å²) in [5.41, 5.74) is 5.38. The van der Waals surface area contributed by atoms with Crippen LogP contribution in [0.25, 0.3) is 6.08 Å². The molecule has 1 aromatic rings. The van der Waals surface area contributed by atoms with Crippen LogP contribution < -0.4 is 5.73 Å². The summed E-state index contributed by atoms with van der Waals surface area (Å²) in [5.74, 6) is -2.40. The first-order chi connectivity index (χ1) is 16.9. The minimum Gasteiger partial charge on any atom is -0.455 e. The number of carbonyl (C=O) groups is 2. The Hall–Kier alpha value is -2.36. The monoisotopic (exact) mass is 508 g/mol. The summed E-state index contributed by atoms with van der Waals surface area (Å²) in [6.07, 6.45) is 2.99. The standard InChI is InChI=1S/C27H41FN2O6/c1-6-19-25(33)17(3)9-7-8-16(2)10-11-21(20(28)12-18-15-35-23(14-29)30-18)36-24(32)13-22(31)27(4,5)26(19)34/h10,12,15,17,19,21-22,25,31,33H,6-9,11,13-14,29H2,1-5H3/b16-10-,20-12-/t17-,19+,21-,22-,25-/m0/s1. The number of allylic oxidation sites excluding steroid dienone is 1. The van der Waals surface area contributed by atoms with E-state index in [1.54, 1.807) is 13.8 Å². The Morgan fingerprint density at radius 1 is 1.33 bits per heavy atom. The zero-order valence-corrected chi connectivity index (χ0v) is 22.0. The van der Waals surface area contributed by atoms with Gasteiger partial charge in [-0.1, -0.05) is 39.3 Å². The number of halogens is 1. The fraction of sp³-hybridized carbons (Fsp3) is 0.667. The Balaban J connectivity index is 2.35. The zero-order chi connectivity index (χ0) is 27.0. The van der Waals surface area contributed by atoms with Gasteiger partial charge in [-0.25, -0.2) is 9.37 Å². The van der Waals surface area contributed by atoms with Crippen LogP contribution in [-0.4, -0.2) is 45.3 Å². The molecule has 0 saturated heterocycles. The van der Waals surface area contributed by atoms with E-state index in [1.807, 2.05) is 26.8 Å². The van der Waals surface area contributed by atoms with Crippen molar-refractivity contribution in [3.63, 3.8) is 0 Å². The van der Waals surface area contributed by atoms with E-state index in [0.29, 0.717) is 12.8 Å². The second-order valence-electron chi connectivity index (χ2n) is 10.3. The van der Waals surface area contributed by atoms with Gasteiger partial charge in [0.05, 0.1) is 30.6 Å². The molecule has 4 N–H and O–H groups in total. The van der Waals surface area contributed by atoms with E-state index in [-0.39, 0.29) is 36.3 Å². The summed E-state index contributed by atoms with van der Waals surface area (Å²) in [5, 5.41) is 21.7. The van der Waals surface area contributed by atoms with Crippen molar-refractivity contribution in [1.82, 2.24) is 4.98 Å². The van der Waals surface area contributed by atoms with Gasteiger partial charge in [0.15, 0.2) is 6.10 Å². The highest BCUT2D eigenvalue weighted by molar-refractivity contribution is 5.88. The Labute approximate surface area is 212 Å². The SMILES string of the molecule is CC[C@H]1C(=O)C(C)(C)[C@@H](O)CC(=O)O[C@H](/C(F)=C/c2coc(CN)n2)C/C=C(/C)CCC[C@H](C)[C@@H]1O. The van der Waals surface area contributed by atoms with E-state index in [4.69, 9.17) is 14.9 Å². The van der Waals surface area contributed by atoms with Gasteiger partial charge < -0.3 is 25.1 Å². The van der Waals surface area contributed by atoms with Gasteiger partial charge >= 0.3 is 5.97 Å². The number of hydrogen-bond donors (Lipinski definition) is 3. The fourth-order valence-corrected chi connectivity index (χ4v) is 4.46. The molecule has 9 heteroatoms. The van der Waals surface area contributed by atoms with Crippen LogP contribution in [-0.2, 0) is 20.9 Å². The quantitative estimate of drug-likeness (QED) is 0.406. The van der Waals surface area contributed by atoms with Gasteiger partial charge in [0, 0.05) is 18.4 Å². The van der Waals surface area contributed by atoms with E-state index >= 15 is 4.39 Å². The van der Waals surface area contributed by atoms with Crippen molar-refractivity contribution in [3.05, 3.63) is 35.3 Å². The molecule has 0 unspecified atom stereocenters. The van der Waals surface area contributed by atoms with Crippen molar-refractivity contribution >= 4 is 17.8 Å². The number of cyclic esters (lactones) is 1. The van der Waals surface area contributed by atoms with E-state index in [1.165, 1.54) is 6.26 Å². The van der Waals surface area contributed by atoms with Crippen molar-refractivity contribution in [3.8, 4) is 0 Å². The topological polar surface area (TPSA) is 136 Å². The van der Waals surface area contributed by atoms with Gasteiger partial charge in [-0.2, -0.15) is 0 Å². The Morgan fingerprint density at radius 3 is 2.64 bits per heavy atom. The number of esters is 1. The van der Waals surface area contributed by atoms with Gasteiger partial charge in [0.25, 0.3) is 0 Å². The predicted molar refractivity (Wildman–Crippen MR) is 134 cm³/mol. The largest absolute Gasteiger partial charge is 0.455 e. The molecule has 1 aromatic heterocycles. The summed E-state index contributed by atoms with van der Waals surface area (Å²) >= 11 is 0. The molecule has 0 aromatic carbocycles. The maximum absolute atomic E-state index is 15.2. The third kappa shape index (κ3) is 7.82. The van der Waals surface area contributed by atoms with E-state index in [9.17, 15) is 19.8 Å². The number of Topliss-reactive ketones (excluding diaryl/α,β-unsaturated/α-hetero) is 1. The molecule has 2 heterocycles. The van der Waals surface area contributed by atoms with Crippen molar-refractivity contribution < 1.29 is 33.3 Å². The summed E-state index contributed by atoms with van der Waals surface area (Å²) in [4.78, 5) is 30.1. The van der Waals surface area contributed by atoms with Crippen LogP contribution in [0.1, 0.15) is 84.7 Å². The number of carbonyl (C=O) groups excluding carboxylic acids is 2. The summed E-state index contributed by atoms with van der Waals surface area (Å²) < 4.78 is 25.7. The summed E-state index contributed by atoms with van der Waals surface area (Å²) in [6, 6.07) is 0. The smallest absolute Gasteiger partial charge is 0.309 e. The molecule has 36 heavy (non-hydrogen) atoms. The number of nitrogens with zero attached hydrogens (tertiary/aromatic N) is 1. The summed E-state index contributed by atoms with van der Waals surface area (Å²) in [7, 11) is 0. The van der Waals surface area contributed by atoms with Crippen molar-refractivity contribution in [2.45, 2.75) is 98.0 Å². The van der Waals surface area contributed by atoms with Crippen LogP contribution in [0.2, 0.25) is 0 Å². The third-order valence-corrected chi connectivity index (χ3v) is 7.12. The van der Waals surface area contributed by atoms with Crippen molar-refractivity contribution in [1.29, 1.82) is 0 Å². The van der Waals surface area contributed by atoms with Crippen LogP contribution in [0.3, 0.4) is 0 Å². The van der Waals surface area contributed by atoms with Crippen LogP contribution in [0.4, 0.5) is 4.39 Å². The maximum Gasteiger partial charge on any atom is 0.309 e. The number of aromatic nitrogens is 1. The lowest BCUT2D eigenvalue weighted by Gasteiger charge is -2.35. The highest BCUT2D eigenvalue weighted by atomic mass is 19.1. The van der Waals surface area contributed by atoms with Crippen LogP contribution >= 0.6 is 0 Å². The molecule has 0 radical (unpaired) electrons. The molecule has 202 valence electrons. The molecule has 0 saturated carbocycles. The molecule has 0 amide bonds.